The molecule has 4 aliphatic heterocycles. The molecule has 11 heteroatoms. The Morgan fingerprint density at radius 3 is 2.23 bits per heavy atom. The van der Waals surface area contributed by atoms with E-state index in [9.17, 15) is 14.4 Å². The van der Waals surface area contributed by atoms with Gasteiger partial charge in [-0.1, -0.05) is 103 Å². The minimum atomic E-state index is -0.796. The number of allylic oxidation sites excluding steroid dienone is 4. The monoisotopic (exact) mass is 787 g/mol. The maximum Gasteiger partial charge on any atom is 0.235 e. The van der Waals surface area contributed by atoms with Crippen molar-refractivity contribution in [3.8, 4) is 0 Å². The van der Waals surface area contributed by atoms with Gasteiger partial charge in [0.1, 0.15) is 0 Å². The molecular formula is C45H51N6O3S2+. The molecule has 1 saturated heterocycles. The molecule has 4 aliphatic rings. The lowest BCUT2D eigenvalue weighted by Gasteiger charge is -2.27. The quantitative estimate of drug-likeness (QED) is 0.0737. The average Bonchev–Trinajstić information content (AvgIpc) is 3.91. The first-order chi connectivity index (χ1) is 27.0. The predicted octanol–water partition coefficient (Wildman–Crippen LogP) is 7.30. The molecule has 2 amide bonds. The first-order valence-electron chi connectivity index (χ1n) is 19.7. The number of amides is 2. The van der Waals surface area contributed by atoms with Crippen molar-refractivity contribution in [2.75, 3.05) is 31.1 Å². The average molecular weight is 788 g/mol. The van der Waals surface area contributed by atoms with E-state index >= 15 is 0 Å². The van der Waals surface area contributed by atoms with Crippen LogP contribution in [0.25, 0.3) is 21.5 Å². The number of Topliss-reactive ketones (excluding diaryl/α,β-unsaturated/α-hetero) is 1. The van der Waals surface area contributed by atoms with Gasteiger partial charge in [-0.2, -0.15) is 4.58 Å². The number of nitrogens with zero attached hydrogens (tertiary/aromatic N) is 2. The lowest BCUT2D eigenvalue weighted by Crippen LogP contribution is -2.53. The van der Waals surface area contributed by atoms with Crippen molar-refractivity contribution >= 4 is 77.8 Å². The van der Waals surface area contributed by atoms with Gasteiger partial charge >= 0.3 is 0 Å². The van der Waals surface area contributed by atoms with Crippen LogP contribution in [0.1, 0.15) is 70.9 Å². The number of carbonyl (C=O) groups is 3. The van der Waals surface area contributed by atoms with Crippen molar-refractivity contribution in [3.05, 3.63) is 108 Å². The van der Waals surface area contributed by atoms with Crippen LogP contribution in [0.3, 0.4) is 0 Å². The third kappa shape index (κ3) is 6.86. The summed E-state index contributed by atoms with van der Waals surface area (Å²) in [6.07, 6.45) is 9.09. The Morgan fingerprint density at radius 1 is 0.821 bits per heavy atom. The number of unbranched alkanes of at least 4 members (excludes halogenated alkanes) is 1. The summed E-state index contributed by atoms with van der Waals surface area (Å²) in [5.41, 5.74) is 18.0. The van der Waals surface area contributed by atoms with Crippen molar-refractivity contribution in [1.82, 2.24) is 16.2 Å². The highest BCUT2D eigenvalue weighted by molar-refractivity contribution is 8.94. The first-order valence-corrected chi connectivity index (χ1v) is 21.9. The molecule has 0 saturated carbocycles. The van der Waals surface area contributed by atoms with Gasteiger partial charge in [0.15, 0.2) is 22.1 Å². The SMILES string of the molecule is CC1(C)C2=[N+](CCC(=O)NCC3(SS3)C(=O)[C@H](CCCCN)NNC(=O)CCN3/C(=C/C=C/2)C(C)(C)c2c3ccc3ccccc23)c2ccc3ccccc3c21. The number of hydrogen-bond acceptors (Lipinski definition) is 8. The summed E-state index contributed by atoms with van der Waals surface area (Å²) in [5, 5.41) is 7.86. The number of hydrazine groups is 1. The van der Waals surface area contributed by atoms with Crippen LogP contribution in [-0.4, -0.2) is 64.2 Å². The topological polar surface area (TPSA) is 120 Å². The van der Waals surface area contributed by atoms with Gasteiger partial charge in [0.25, 0.3) is 0 Å². The van der Waals surface area contributed by atoms with Crippen LogP contribution in [0, 0.1) is 0 Å². The number of benzene rings is 4. The number of anilines is 1. The molecule has 0 aromatic heterocycles. The minimum Gasteiger partial charge on any atom is -0.353 e. The molecule has 4 heterocycles. The van der Waals surface area contributed by atoms with Crippen molar-refractivity contribution in [1.29, 1.82) is 0 Å². The standard InChI is InChI=1S/C45H50N6O3S2/c1-43(2)36-17-11-18-37-44(3,4)41-32-15-8-6-13-30(32)20-22-35(41)51(37)27-24-39(53)49-48-33(16-9-10-25-46)42(54)45(55-56-45)28-47-38(52)23-26-50(36)34-21-19-29-12-5-7-14-31(29)40(34)43/h5-8,11-15,17-22,33,48H,9-10,16,23-28,46H2,1-4H3,(H-,47,49,52,53)/p+1/t33-/m0/s1. The van der Waals surface area contributed by atoms with Gasteiger partial charge in [-0.25, -0.2) is 5.43 Å². The second-order valence-corrected chi connectivity index (χ2v) is 19.3. The fourth-order valence-corrected chi connectivity index (χ4v) is 11.0. The Morgan fingerprint density at radius 2 is 1.52 bits per heavy atom. The van der Waals surface area contributed by atoms with Gasteiger partial charge in [-0.05, 0) is 78.6 Å². The summed E-state index contributed by atoms with van der Waals surface area (Å²) in [6.45, 7) is 10.8. The van der Waals surface area contributed by atoms with Crippen molar-refractivity contribution in [2.24, 2.45) is 5.73 Å². The van der Waals surface area contributed by atoms with Gasteiger partial charge in [0, 0.05) is 47.5 Å². The highest BCUT2D eigenvalue weighted by Crippen LogP contribution is 2.65. The van der Waals surface area contributed by atoms with E-state index in [0.717, 1.165) is 35.6 Å². The van der Waals surface area contributed by atoms with Crippen LogP contribution in [0.5, 0.6) is 0 Å². The van der Waals surface area contributed by atoms with E-state index in [-0.39, 0.29) is 47.8 Å². The van der Waals surface area contributed by atoms with Crippen molar-refractivity contribution in [2.45, 2.75) is 80.7 Å². The van der Waals surface area contributed by atoms with Crippen LogP contribution >= 0.6 is 21.6 Å². The molecule has 8 rings (SSSR count). The van der Waals surface area contributed by atoms with Crippen LogP contribution in [-0.2, 0) is 25.2 Å². The molecule has 290 valence electrons. The maximum absolute atomic E-state index is 14.1. The molecule has 4 aromatic rings. The van der Waals surface area contributed by atoms with Gasteiger partial charge in [0.05, 0.1) is 24.4 Å². The van der Waals surface area contributed by atoms with Gasteiger partial charge in [0.2, 0.25) is 17.5 Å². The Hall–Kier alpha value is -4.42. The summed E-state index contributed by atoms with van der Waals surface area (Å²) in [6, 6.07) is 25.1. The molecule has 0 aliphatic carbocycles. The van der Waals surface area contributed by atoms with E-state index in [2.05, 4.69) is 144 Å². The third-order valence-corrected chi connectivity index (χ3v) is 14.9. The molecule has 0 bridgehead atoms. The number of fused-ring (bicyclic) bond motifs is 9. The van der Waals surface area contributed by atoms with Crippen molar-refractivity contribution < 1.29 is 19.0 Å². The Bertz CT molecular complexity index is 2340. The highest BCUT2D eigenvalue weighted by Gasteiger charge is 2.55. The van der Waals surface area contributed by atoms with Crippen LogP contribution in [0.4, 0.5) is 11.4 Å². The molecule has 56 heavy (non-hydrogen) atoms. The van der Waals surface area contributed by atoms with Crippen LogP contribution in [0.15, 0.2) is 96.7 Å². The second kappa shape index (κ2) is 15.2. The van der Waals surface area contributed by atoms with Crippen LogP contribution in [0.2, 0.25) is 0 Å². The number of rotatable bonds is 4. The zero-order valence-electron chi connectivity index (χ0n) is 32.6. The summed E-state index contributed by atoms with van der Waals surface area (Å²) in [5.74, 6) is -0.332. The van der Waals surface area contributed by atoms with E-state index in [1.54, 1.807) is 0 Å². The normalized spacial score (nSPS) is 23.4. The predicted molar refractivity (Wildman–Crippen MR) is 231 cm³/mol. The number of nitrogens with one attached hydrogen (secondary N) is 3. The lowest BCUT2D eigenvalue weighted by molar-refractivity contribution is -0.436. The molecule has 0 unspecified atom stereocenters. The molecule has 1 spiro atoms. The molecule has 0 radical (unpaired) electrons. The van der Waals surface area contributed by atoms with Gasteiger partial charge < -0.3 is 16.0 Å². The van der Waals surface area contributed by atoms with E-state index < -0.39 is 10.1 Å². The third-order valence-electron chi connectivity index (χ3n) is 12.0. The molecule has 5 N–H and O–H groups in total. The zero-order valence-corrected chi connectivity index (χ0v) is 34.2. The zero-order chi connectivity index (χ0) is 39.2. The van der Waals surface area contributed by atoms with E-state index in [4.69, 9.17) is 5.73 Å². The fraction of sp³-hybridized carbons (Fsp3) is 0.378. The smallest absolute Gasteiger partial charge is 0.235 e. The van der Waals surface area contributed by atoms with E-state index in [0.29, 0.717) is 26.1 Å². The molecular weight excluding hydrogens is 737 g/mol. The van der Waals surface area contributed by atoms with Gasteiger partial charge in [-0.3, -0.25) is 19.8 Å². The molecule has 1 atom stereocenters. The number of nitrogens with two attached hydrogens (primary N) is 1. The van der Waals surface area contributed by atoms with E-state index in [1.165, 1.54) is 54.3 Å². The number of carbonyl (C=O) groups excluding carboxylic acids is 3. The number of hydrogen-bond donors (Lipinski definition) is 4. The molecule has 9 nitrogen and oxygen atoms in total. The molecule has 4 aromatic carbocycles. The maximum atomic E-state index is 14.1. The van der Waals surface area contributed by atoms with Gasteiger partial charge in [-0.15, -0.1) is 0 Å². The summed E-state index contributed by atoms with van der Waals surface area (Å²) in [4.78, 5) is 43.5. The molecule has 1 fully saturated rings. The summed E-state index contributed by atoms with van der Waals surface area (Å²) >= 11 is 0. The fourth-order valence-electron chi connectivity index (χ4n) is 9.05. The second-order valence-electron chi connectivity index (χ2n) is 16.3. The Balaban J connectivity index is 1.22. The first kappa shape index (κ1) is 38.5. The Kier molecular flexibility index (Phi) is 10.4. The Labute approximate surface area is 337 Å². The lowest BCUT2D eigenvalue weighted by atomic mass is 9.79. The largest absolute Gasteiger partial charge is 0.353 e. The van der Waals surface area contributed by atoms with Crippen molar-refractivity contribution in [3.63, 3.8) is 0 Å². The van der Waals surface area contributed by atoms with E-state index in [1.807, 2.05) is 0 Å². The minimum absolute atomic E-state index is 0.0327. The van der Waals surface area contributed by atoms with Crippen LogP contribution < -0.4 is 26.8 Å². The summed E-state index contributed by atoms with van der Waals surface area (Å²) < 4.78 is 1.51. The number of ketones is 1. The summed E-state index contributed by atoms with van der Waals surface area (Å²) in [7, 11) is 2.95. The highest BCUT2D eigenvalue weighted by atomic mass is 33.2.